The lowest BCUT2D eigenvalue weighted by molar-refractivity contribution is -0.384. The third-order valence-electron chi connectivity index (χ3n) is 11.8. The number of nitrogens with zero attached hydrogens (tertiary/aromatic N) is 1. The van der Waals surface area contributed by atoms with Gasteiger partial charge in [0.25, 0.3) is 5.69 Å². The van der Waals surface area contributed by atoms with E-state index in [0.29, 0.717) is 5.41 Å². The Hall–Kier alpha value is -2.17. The van der Waals surface area contributed by atoms with Crippen LogP contribution in [0.15, 0.2) is 35.9 Å². The van der Waals surface area contributed by atoms with Crippen molar-refractivity contribution in [3.63, 3.8) is 0 Å². The van der Waals surface area contributed by atoms with E-state index in [0.717, 1.165) is 54.8 Å². The van der Waals surface area contributed by atoms with Gasteiger partial charge in [-0.05, 0) is 97.3 Å². The number of carbonyl (C=O) groups excluding carboxylic acids is 1. The standard InChI is InChI=1S/C34H49NO4/c1-22(2)8-6-9-23(3)29-14-15-30-28-13-12-25-21-27(16-18-33(25,4)31(28)17-19-34(29,30)5)39-32(36)24-10-7-11-26(20-24)35(37)38/h7,10-12,20,22-23,27-31H,6,8-9,13-19,21H2,1-5H3/t23-,27+,28+,29-,30+,31+,33+,34-/m1/s1. The molecule has 3 saturated carbocycles. The molecule has 0 aliphatic heterocycles. The van der Waals surface area contributed by atoms with Crippen LogP contribution in [0.3, 0.4) is 0 Å². The Morgan fingerprint density at radius 1 is 1.08 bits per heavy atom. The van der Waals surface area contributed by atoms with E-state index in [-0.39, 0.29) is 22.8 Å². The number of nitro benzene ring substituents is 1. The molecule has 3 fully saturated rings. The lowest BCUT2D eigenvalue weighted by Crippen LogP contribution is -2.51. The molecular formula is C34H49NO4. The number of nitro groups is 1. The molecule has 214 valence electrons. The first kappa shape index (κ1) is 28.4. The summed E-state index contributed by atoms with van der Waals surface area (Å²) >= 11 is 0. The Balaban J connectivity index is 1.25. The molecule has 0 aromatic heterocycles. The summed E-state index contributed by atoms with van der Waals surface area (Å²) in [5.74, 6) is 4.42. The summed E-state index contributed by atoms with van der Waals surface area (Å²) in [6.45, 7) is 12.4. The molecule has 0 radical (unpaired) electrons. The third-order valence-corrected chi connectivity index (χ3v) is 11.8. The number of fused-ring (bicyclic) bond motifs is 5. The van der Waals surface area contributed by atoms with Gasteiger partial charge in [-0.2, -0.15) is 0 Å². The van der Waals surface area contributed by atoms with E-state index < -0.39 is 10.9 Å². The Kier molecular flexibility index (Phi) is 8.01. The largest absolute Gasteiger partial charge is 0.458 e. The Labute approximate surface area is 235 Å². The third kappa shape index (κ3) is 5.32. The lowest BCUT2D eigenvalue weighted by Gasteiger charge is -2.58. The van der Waals surface area contributed by atoms with Gasteiger partial charge in [0, 0.05) is 18.6 Å². The molecule has 4 aliphatic rings. The number of hydrogen-bond donors (Lipinski definition) is 0. The van der Waals surface area contributed by atoms with Gasteiger partial charge in [-0.3, -0.25) is 10.1 Å². The summed E-state index contributed by atoms with van der Waals surface area (Å²) < 4.78 is 5.91. The van der Waals surface area contributed by atoms with Crippen LogP contribution in [0.25, 0.3) is 0 Å². The normalized spacial score (nSPS) is 36.4. The first-order valence-corrected chi connectivity index (χ1v) is 15.7. The molecule has 39 heavy (non-hydrogen) atoms. The van der Waals surface area contributed by atoms with Gasteiger partial charge in [0.05, 0.1) is 10.5 Å². The van der Waals surface area contributed by atoms with E-state index >= 15 is 0 Å². The number of rotatable bonds is 8. The van der Waals surface area contributed by atoms with E-state index in [1.54, 1.807) is 12.1 Å². The molecule has 0 bridgehead atoms. The van der Waals surface area contributed by atoms with Crippen molar-refractivity contribution in [3.8, 4) is 0 Å². The quantitative estimate of drug-likeness (QED) is 0.144. The molecule has 1 aromatic rings. The van der Waals surface area contributed by atoms with Crippen LogP contribution in [0.5, 0.6) is 0 Å². The molecule has 0 saturated heterocycles. The monoisotopic (exact) mass is 535 g/mol. The highest BCUT2D eigenvalue weighted by molar-refractivity contribution is 5.90. The van der Waals surface area contributed by atoms with Gasteiger partial charge in [-0.25, -0.2) is 4.79 Å². The summed E-state index contributed by atoms with van der Waals surface area (Å²) in [5.41, 5.74) is 2.37. The van der Waals surface area contributed by atoms with Crippen LogP contribution >= 0.6 is 0 Å². The maximum absolute atomic E-state index is 12.8. The predicted octanol–water partition coefficient (Wildman–Crippen LogP) is 9.16. The van der Waals surface area contributed by atoms with Crippen molar-refractivity contribution in [1.29, 1.82) is 0 Å². The van der Waals surface area contributed by atoms with Gasteiger partial charge < -0.3 is 4.74 Å². The molecule has 5 heteroatoms. The SMILES string of the molecule is CC(C)CCC[C@@H](C)[C@H]1CC[C@H]2[C@@H]3CC=C4C[C@@H](OC(=O)c5cccc([N+](=O)[O-])c5)CC[C@]4(C)[C@H]3CC[C@]12C. The topological polar surface area (TPSA) is 69.4 Å². The van der Waals surface area contributed by atoms with Crippen molar-refractivity contribution in [1.82, 2.24) is 0 Å². The van der Waals surface area contributed by atoms with Crippen molar-refractivity contribution in [2.75, 3.05) is 0 Å². The number of esters is 1. The van der Waals surface area contributed by atoms with Gasteiger partial charge in [-0.15, -0.1) is 0 Å². The number of ether oxygens (including phenoxy) is 1. The molecule has 5 rings (SSSR count). The molecular weight excluding hydrogens is 486 g/mol. The average molecular weight is 536 g/mol. The Morgan fingerprint density at radius 3 is 2.62 bits per heavy atom. The van der Waals surface area contributed by atoms with Gasteiger partial charge in [0.2, 0.25) is 0 Å². The van der Waals surface area contributed by atoms with Crippen molar-refractivity contribution >= 4 is 11.7 Å². The summed E-state index contributed by atoms with van der Waals surface area (Å²) in [6.07, 6.45) is 15.9. The van der Waals surface area contributed by atoms with Crippen molar-refractivity contribution < 1.29 is 14.5 Å². The van der Waals surface area contributed by atoms with Crippen LogP contribution < -0.4 is 0 Å². The van der Waals surface area contributed by atoms with E-state index in [9.17, 15) is 14.9 Å². The summed E-state index contributed by atoms with van der Waals surface area (Å²) in [4.78, 5) is 23.5. The summed E-state index contributed by atoms with van der Waals surface area (Å²) in [6, 6.07) is 5.87. The highest BCUT2D eigenvalue weighted by Crippen LogP contribution is 2.67. The second-order valence-electron chi connectivity index (χ2n) is 14.4. The lowest BCUT2D eigenvalue weighted by atomic mass is 9.47. The first-order chi connectivity index (χ1) is 18.5. The smallest absolute Gasteiger partial charge is 0.338 e. The van der Waals surface area contributed by atoms with Gasteiger partial charge >= 0.3 is 5.97 Å². The maximum Gasteiger partial charge on any atom is 0.338 e. The minimum atomic E-state index is -0.471. The fraction of sp³-hybridized carbons (Fsp3) is 0.735. The molecule has 8 atom stereocenters. The Morgan fingerprint density at radius 2 is 1.87 bits per heavy atom. The van der Waals surface area contributed by atoms with Crippen LogP contribution in [0.4, 0.5) is 5.69 Å². The maximum atomic E-state index is 12.8. The second kappa shape index (κ2) is 11.0. The van der Waals surface area contributed by atoms with Crippen molar-refractivity contribution in [3.05, 3.63) is 51.6 Å². The van der Waals surface area contributed by atoms with E-state index in [1.807, 2.05) is 0 Å². The van der Waals surface area contributed by atoms with Crippen LogP contribution in [-0.2, 0) is 4.74 Å². The fourth-order valence-corrected chi connectivity index (χ4v) is 9.72. The zero-order chi connectivity index (χ0) is 27.9. The van der Waals surface area contributed by atoms with Gasteiger partial charge in [0.1, 0.15) is 6.10 Å². The molecule has 0 unspecified atom stereocenters. The molecule has 0 amide bonds. The molecule has 0 heterocycles. The summed E-state index contributed by atoms with van der Waals surface area (Å²) in [5, 5.41) is 11.1. The van der Waals surface area contributed by atoms with E-state index in [4.69, 9.17) is 4.74 Å². The zero-order valence-electron chi connectivity index (χ0n) is 24.8. The first-order valence-electron chi connectivity index (χ1n) is 15.7. The Bertz CT molecular complexity index is 1110. The molecule has 0 spiro atoms. The highest BCUT2D eigenvalue weighted by atomic mass is 16.6. The zero-order valence-corrected chi connectivity index (χ0v) is 24.8. The van der Waals surface area contributed by atoms with Crippen LogP contribution in [-0.4, -0.2) is 17.0 Å². The van der Waals surface area contributed by atoms with Crippen LogP contribution in [0.2, 0.25) is 0 Å². The van der Waals surface area contributed by atoms with Gasteiger partial charge in [0.15, 0.2) is 0 Å². The van der Waals surface area contributed by atoms with Crippen molar-refractivity contribution in [2.24, 2.45) is 46.3 Å². The molecule has 4 aliphatic carbocycles. The molecule has 0 N–H and O–H groups in total. The van der Waals surface area contributed by atoms with Gasteiger partial charge in [-0.1, -0.05) is 71.6 Å². The molecule has 5 nitrogen and oxygen atoms in total. The number of non-ortho nitro benzene ring substituents is 1. The van der Waals surface area contributed by atoms with E-state index in [2.05, 4.69) is 40.7 Å². The predicted molar refractivity (Wildman–Crippen MR) is 155 cm³/mol. The van der Waals surface area contributed by atoms with Crippen LogP contribution in [0, 0.1) is 56.5 Å². The minimum absolute atomic E-state index is 0.0786. The van der Waals surface area contributed by atoms with Crippen molar-refractivity contribution in [2.45, 2.75) is 111 Å². The highest BCUT2D eigenvalue weighted by Gasteiger charge is 2.59. The second-order valence-corrected chi connectivity index (χ2v) is 14.4. The number of carbonyl (C=O) groups is 1. The fourth-order valence-electron chi connectivity index (χ4n) is 9.72. The average Bonchev–Trinajstić information content (AvgIpc) is 3.26. The molecule has 1 aromatic carbocycles. The minimum Gasteiger partial charge on any atom is -0.458 e. The number of allylic oxidation sites excluding steroid dienone is 1. The number of hydrogen-bond acceptors (Lipinski definition) is 4. The van der Waals surface area contributed by atoms with E-state index in [1.165, 1.54) is 69.1 Å². The number of benzene rings is 1. The van der Waals surface area contributed by atoms with Crippen LogP contribution in [0.1, 0.15) is 116 Å². The summed E-state index contributed by atoms with van der Waals surface area (Å²) in [7, 11) is 0.